The van der Waals surface area contributed by atoms with Crippen LogP contribution in [0.5, 0.6) is 0 Å². The second-order valence-corrected chi connectivity index (χ2v) is 5.88. The first-order valence-electron chi connectivity index (χ1n) is 6.96. The molecule has 0 fully saturated rings. The molecule has 0 aliphatic carbocycles. The summed E-state index contributed by atoms with van der Waals surface area (Å²) in [5, 5.41) is 3.85. The number of nitrogens with one attached hydrogen (secondary N) is 2. The lowest BCUT2D eigenvalue weighted by Crippen LogP contribution is -2.28. The number of carbonyl (C=O) groups excluding carboxylic acids is 2. The molecule has 1 aromatic heterocycles. The van der Waals surface area contributed by atoms with Crippen molar-refractivity contribution < 1.29 is 19.1 Å². The van der Waals surface area contributed by atoms with Crippen LogP contribution in [0.4, 0.5) is 5.69 Å². The molecule has 6 heteroatoms. The number of esters is 2. The van der Waals surface area contributed by atoms with Crippen LogP contribution in [0.25, 0.3) is 10.9 Å². The van der Waals surface area contributed by atoms with Gasteiger partial charge >= 0.3 is 11.9 Å². The van der Waals surface area contributed by atoms with Crippen molar-refractivity contribution in [2.24, 2.45) is 0 Å². The molecular formula is C16H20N2O4. The van der Waals surface area contributed by atoms with Gasteiger partial charge in [-0.05, 0) is 39.0 Å². The van der Waals surface area contributed by atoms with Gasteiger partial charge in [-0.2, -0.15) is 0 Å². The summed E-state index contributed by atoms with van der Waals surface area (Å²) < 4.78 is 9.94. The van der Waals surface area contributed by atoms with Crippen molar-refractivity contribution in [1.29, 1.82) is 0 Å². The third-order valence-corrected chi connectivity index (χ3v) is 2.91. The van der Waals surface area contributed by atoms with Crippen LogP contribution in [0.3, 0.4) is 0 Å². The Hall–Kier alpha value is -2.50. The van der Waals surface area contributed by atoms with E-state index in [-0.39, 0.29) is 12.5 Å². The van der Waals surface area contributed by atoms with E-state index < -0.39 is 11.6 Å². The number of anilines is 1. The van der Waals surface area contributed by atoms with Crippen molar-refractivity contribution in [1.82, 2.24) is 4.98 Å². The number of aromatic amines is 1. The van der Waals surface area contributed by atoms with Gasteiger partial charge in [0.25, 0.3) is 0 Å². The zero-order chi connectivity index (χ0) is 16.3. The van der Waals surface area contributed by atoms with Crippen molar-refractivity contribution in [3.05, 3.63) is 30.0 Å². The van der Waals surface area contributed by atoms with Gasteiger partial charge in [-0.3, -0.25) is 4.79 Å². The Morgan fingerprint density at radius 3 is 2.64 bits per heavy atom. The molecule has 0 amide bonds. The first-order valence-corrected chi connectivity index (χ1v) is 6.96. The maximum absolute atomic E-state index is 11.8. The molecule has 0 unspecified atom stereocenters. The Morgan fingerprint density at radius 1 is 1.27 bits per heavy atom. The van der Waals surface area contributed by atoms with Gasteiger partial charge in [0.15, 0.2) is 0 Å². The minimum absolute atomic E-state index is 0.0507. The summed E-state index contributed by atoms with van der Waals surface area (Å²) in [6.45, 7) is 5.51. The number of rotatable bonds is 4. The third-order valence-electron chi connectivity index (χ3n) is 2.91. The van der Waals surface area contributed by atoms with Gasteiger partial charge in [-0.15, -0.1) is 0 Å². The van der Waals surface area contributed by atoms with Crippen LogP contribution < -0.4 is 5.32 Å². The molecule has 6 nitrogen and oxygen atoms in total. The second-order valence-electron chi connectivity index (χ2n) is 5.88. The first-order chi connectivity index (χ1) is 10.3. The summed E-state index contributed by atoms with van der Waals surface area (Å²) in [5.41, 5.74) is 1.38. The molecular weight excluding hydrogens is 284 g/mol. The van der Waals surface area contributed by atoms with Gasteiger partial charge in [0.1, 0.15) is 17.8 Å². The standard InChI is InChI=1S/C16H20N2O4/c1-16(2,3)22-14(19)9-17-11-6-5-7-12-10(11)8-13(18-12)15(20)21-4/h5-8,17-18H,9H2,1-4H3. The largest absolute Gasteiger partial charge is 0.464 e. The van der Waals surface area contributed by atoms with Crippen molar-refractivity contribution in [3.63, 3.8) is 0 Å². The molecule has 1 aromatic carbocycles. The summed E-state index contributed by atoms with van der Waals surface area (Å²) in [4.78, 5) is 26.3. The van der Waals surface area contributed by atoms with Gasteiger partial charge < -0.3 is 19.8 Å². The van der Waals surface area contributed by atoms with E-state index in [4.69, 9.17) is 9.47 Å². The fourth-order valence-corrected chi connectivity index (χ4v) is 2.07. The van der Waals surface area contributed by atoms with Gasteiger partial charge in [0.05, 0.1) is 7.11 Å². The molecule has 0 spiro atoms. The highest BCUT2D eigenvalue weighted by Gasteiger charge is 2.16. The van der Waals surface area contributed by atoms with Crippen LogP contribution in [-0.4, -0.2) is 36.2 Å². The Bertz CT molecular complexity index is 698. The summed E-state index contributed by atoms with van der Waals surface area (Å²) in [6.07, 6.45) is 0. The fourth-order valence-electron chi connectivity index (χ4n) is 2.07. The van der Waals surface area contributed by atoms with Crippen molar-refractivity contribution in [3.8, 4) is 0 Å². The Labute approximate surface area is 128 Å². The maximum Gasteiger partial charge on any atom is 0.354 e. The van der Waals surface area contributed by atoms with Gasteiger partial charge in [0.2, 0.25) is 0 Å². The number of benzene rings is 1. The SMILES string of the molecule is COC(=O)c1cc2c(NCC(=O)OC(C)(C)C)cccc2[nH]1. The number of methoxy groups -OCH3 is 1. The lowest BCUT2D eigenvalue weighted by molar-refractivity contribution is -0.152. The van der Waals surface area contributed by atoms with Crippen molar-refractivity contribution in [2.75, 3.05) is 19.0 Å². The quantitative estimate of drug-likeness (QED) is 0.849. The molecule has 1 heterocycles. The number of ether oxygens (including phenoxy) is 2. The Kier molecular flexibility index (Phi) is 4.40. The van der Waals surface area contributed by atoms with Crippen molar-refractivity contribution >= 4 is 28.5 Å². The normalized spacial score (nSPS) is 11.3. The second kappa shape index (κ2) is 6.09. The third kappa shape index (κ3) is 3.78. The topological polar surface area (TPSA) is 80.4 Å². The number of H-pyrrole nitrogens is 1. The summed E-state index contributed by atoms with van der Waals surface area (Å²) in [7, 11) is 1.33. The van der Waals surface area contributed by atoms with E-state index in [0.29, 0.717) is 5.69 Å². The molecule has 0 radical (unpaired) electrons. The van der Waals surface area contributed by atoms with E-state index in [0.717, 1.165) is 16.6 Å². The van der Waals surface area contributed by atoms with Crippen LogP contribution in [0.2, 0.25) is 0 Å². The number of hydrogen-bond acceptors (Lipinski definition) is 5. The zero-order valence-electron chi connectivity index (χ0n) is 13.1. The minimum Gasteiger partial charge on any atom is -0.464 e. The van der Waals surface area contributed by atoms with E-state index >= 15 is 0 Å². The average Bonchev–Trinajstić information content (AvgIpc) is 2.86. The molecule has 2 rings (SSSR count). The van der Waals surface area contributed by atoms with Crippen LogP contribution in [0.15, 0.2) is 24.3 Å². The van der Waals surface area contributed by atoms with Gasteiger partial charge in [-0.1, -0.05) is 6.07 Å². The highest BCUT2D eigenvalue weighted by Crippen LogP contribution is 2.24. The number of fused-ring (bicyclic) bond motifs is 1. The van der Waals surface area contributed by atoms with Crippen LogP contribution >= 0.6 is 0 Å². The van der Waals surface area contributed by atoms with E-state index in [1.165, 1.54) is 7.11 Å². The highest BCUT2D eigenvalue weighted by molar-refractivity contribution is 6.00. The van der Waals surface area contributed by atoms with E-state index in [9.17, 15) is 9.59 Å². The molecule has 0 atom stereocenters. The maximum atomic E-state index is 11.8. The van der Waals surface area contributed by atoms with E-state index in [1.54, 1.807) is 6.07 Å². The monoisotopic (exact) mass is 304 g/mol. The molecule has 118 valence electrons. The number of aromatic nitrogens is 1. The van der Waals surface area contributed by atoms with E-state index in [2.05, 4.69) is 10.3 Å². The lowest BCUT2D eigenvalue weighted by Gasteiger charge is -2.19. The van der Waals surface area contributed by atoms with Crippen LogP contribution in [0.1, 0.15) is 31.3 Å². The molecule has 2 aromatic rings. The number of hydrogen-bond donors (Lipinski definition) is 2. The molecule has 0 aliphatic heterocycles. The van der Waals surface area contributed by atoms with E-state index in [1.807, 2.05) is 39.0 Å². The van der Waals surface area contributed by atoms with Crippen LogP contribution in [-0.2, 0) is 14.3 Å². The molecule has 2 N–H and O–H groups in total. The molecule has 0 bridgehead atoms. The predicted molar refractivity (Wildman–Crippen MR) is 84.0 cm³/mol. The zero-order valence-corrected chi connectivity index (χ0v) is 13.1. The highest BCUT2D eigenvalue weighted by atomic mass is 16.6. The lowest BCUT2D eigenvalue weighted by atomic mass is 10.2. The average molecular weight is 304 g/mol. The summed E-state index contributed by atoms with van der Waals surface area (Å²) >= 11 is 0. The minimum atomic E-state index is -0.517. The number of carbonyl (C=O) groups is 2. The predicted octanol–water partition coefficient (Wildman–Crippen LogP) is 2.71. The smallest absolute Gasteiger partial charge is 0.354 e. The molecule has 0 aliphatic rings. The van der Waals surface area contributed by atoms with Crippen LogP contribution in [0, 0.1) is 0 Å². The molecule has 22 heavy (non-hydrogen) atoms. The van der Waals surface area contributed by atoms with Gasteiger partial charge in [0, 0.05) is 16.6 Å². The Balaban J connectivity index is 2.16. The molecule has 0 saturated carbocycles. The Morgan fingerprint density at radius 2 is 2.00 bits per heavy atom. The van der Waals surface area contributed by atoms with Crippen molar-refractivity contribution in [2.45, 2.75) is 26.4 Å². The first kappa shape index (κ1) is 15.9. The van der Waals surface area contributed by atoms with Gasteiger partial charge in [-0.25, -0.2) is 4.79 Å². The summed E-state index contributed by atoms with van der Waals surface area (Å²) in [6, 6.07) is 7.21. The summed E-state index contributed by atoms with van der Waals surface area (Å²) in [5.74, 6) is -0.775. The fraction of sp³-hybridized carbons (Fsp3) is 0.375. The molecule has 0 saturated heterocycles.